The molecule has 0 aromatic heterocycles. The van der Waals surface area contributed by atoms with Crippen molar-refractivity contribution in [1.82, 2.24) is 0 Å². The normalized spacial score (nSPS) is 10.4. The Morgan fingerprint density at radius 2 is 1.56 bits per heavy atom. The zero-order valence-electron chi connectivity index (χ0n) is 9.69. The first-order valence-electron chi connectivity index (χ1n) is 5.51. The minimum atomic E-state index is -0.400. The Kier molecular flexibility index (Phi) is 4.19. The van der Waals surface area contributed by atoms with Crippen LogP contribution in [0, 0.1) is 0 Å². The summed E-state index contributed by atoms with van der Waals surface area (Å²) < 4.78 is 4.95. The van der Waals surface area contributed by atoms with Gasteiger partial charge in [-0.15, -0.1) is 5.11 Å². The first-order valence-corrected chi connectivity index (χ1v) is 5.51. The maximum atomic E-state index is 11.5. The zero-order valence-corrected chi connectivity index (χ0v) is 9.69. The average Bonchev–Trinajstić information content (AvgIpc) is 2.45. The van der Waals surface area contributed by atoms with E-state index in [4.69, 9.17) is 4.74 Å². The van der Waals surface area contributed by atoms with Crippen LogP contribution in [0.2, 0.25) is 0 Å². The van der Waals surface area contributed by atoms with E-state index in [0.29, 0.717) is 5.56 Å². The molecule has 0 saturated heterocycles. The summed E-state index contributed by atoms with van der Waals surface area (Å²) in [5.41, 5.74) is 1.24. The van der Waals surface area contributed by atoms with Crippen molar-refractivity contribution in [2.75, 3.05) is 6.73 Å². The second-order valence-corrected chi connectivity index (χ2v) is 3.50. The van der Waals surface area contributed by atoms with Crippen molar-refractivity contribution >= 4 is 11.7 Å². The van der Waals surface area contributed by atoms with Gasteiger partial charge in [0.15, 0.2) is 0 Å². The molecule has 0 bridgehead atoms. The molecular weight excluding hydrogens is 228 g/mol. The number of hydrogen-bond acceptors (Lipinski definition) is 4. The first-order chi connectivity index (χ1) is 8.86. The van der Waals surface area contributed by atoms with Gasteiger partial charge in [0.25, 0.3) is 0 Å². The van der Waals surface area contributed by atoms with Gasteiger partial charge in [0.2, 0.25) is 6.73 Å². The lowest BCUT2D eigenvalue weighted by Gasteiger charge is -1.99. The van der Waals surface area contributed by atoms with E-state index in [1.807, 2.05) is 36.4 Å². The molecule has 0 saturated carbocycles. The molecule has 0 spiro atoms. The second-order valence-electron chi connectivity index (χ2n) is 3.50. The molecule has 4 heteroatoms. The quantitative estimate of drug-likeness (QED) is 0.605. The predicted octanol–water partition coefficient (Wildman–Crippen LogP) is 3.58. The summed E-state index contributed by atoms with van der Waals surface area (Å²) in [7, 11) is 0. The summed E-state index contributed by atoms with van der Waals surface area (Å²) in [4.78, 5) is 11.5. The number of benzene rings is 2. The Labute approximate surface area is 105 Å². The summed E-state index contributed by atoms with van der Waals surface area (Å²) >= 11 is 0. The number of azo groups is 1. The molecule has 2 aromatic carbocycles. The van der Waals surface area contributed by atoms with Crippen LogP contribution in [0.15, 0.2) is 70.9 Å². The molecule has 2 rings (SSSR count). The van der Waals surface area contributed by atoms with E-state index in [9.17, 15) is 4.79 Å². The molecule has 0 unspecified atom stereocenters. The second kappa shape index (κ2) is 6.30. The van der Waals surface area contributed by atoms with Gasteiger partial charge in [-0.3, -0.25) is 0 Å². The third-order valence-electron chi connectivity index (χ3n) is 2.21. The highest BCUT2D eigenvalue weighted by molar-refractivity contribution is 5.89. The monoisotopic (exact) mass is 240 g/mol. The number of carbonyl (C=O) groups is 1. The van der Waals surface area contributed by atoms with Crippen LogP contribution in [0.1, 0.15) is 10.4 Å². The summed E-state index contributed by atoms with van der Waals surface area (Å²) in [5, 5.41) is 7.71. The minimum Gasteiger partial charge on any atom is -0.437 e. The van der Waals surface area contributed by atoms with Gasteiger partial charge in [-0.2, -0.15) is 5.11 Å². The van der Waals surface area contributed by atoms with Crippen molar-refractivity contribution in [2.24, 2.45) is 10.2 Å². The molecule has 0 N–H and O–H groups in total. The third kappa shape index (κ3) is 3.52. The Morgan fingerprint density at radius 1 is 0.944 bits per heavy atom. The lowest BCUT2D eigenvalue weighted by Crippen LogP contribution is -2.04. The van der Waals surface area contributed by atoms with E-state index >= 15 is 0 Å². The molecule has 0 aliphatic rings. The zero-order chi connectivity index (χ0) is 12.6. The summed E-state index contributed by atoms with van der Waals surface area (Å²) in [6, 6.07) is 18.1. The van der Waals surface area contributed by atoms with E-state index in [1.54, 1.807) is 24.3 Å². The standard InChI is InChI=1S/C14H12N2O2/c17-14(12-7-3-1-4-8-12)18-11-15-16-13-9-5-2-6-10-13/h1-10H,11H2. The Bertz CT molecular complexity index is 524. The molecule has 0 radical (unpaired) electrons. The van der Waals surface area contributed by atoms with Crippen molar-refractivity contribution in [3.05, 3.63) is 66.2 Å². The number of nitrogens with zero attached hydrogens (tertiary/aromatic N) is 2. The smallest absolute Gasteiger partial charge is 0.339 e. The molecule has 4 nitrogen and oxygen atoms in total. The van der Waals surface area contributed by atoms with Gasteiger partial charge in [0.05, 0.1) is 11.3 Å². The van der Waals surface area contributed by atoms with E-state index in [2.05, 4.69) is 10.2 Å². The van der Waals surface area contributed by atoms with Gasteiger partial charge in [0, 0.05) is 0 Å². The van der Waals surface area contributed by atoms with Crippen molar-refractivity contribution in [3.63, 3.8) is 0 Å². The Morgan fingerprint density at radius 3 is 2.22 bits per heavy atom. The molecule has 0 atom stereocenters. The van der Waals surface area contributed by atoms with Gasteiger partial charge < -0.3 is 4.74 Å². The van der Waals surface area contributed by atoms with Crippen LogP contribution in [0.25, 0.3) is 0 Å². The van der Waals surface area contributed by atoms with E-state index in [-0.39, 0.29) is 6.73 Å². The minimum absolute atomic E-state index is 0.0807. The molecular formula is C14H12N2O2. The van der Waals surface area contributed by atoms with Crippen molar-refractivity contribution < 1.29 is 9.53 Å². The van der Waals surface area contributed by atoms with Gasteiger partial charge in [-0.05, 0) is 24.3 Å². The van der Waals surface area contributed by atoms with Gasteiger partial charge in [0.1, 0.15) is 0 Å². The SMILES string of the molecule is O=C(OCN=Nc1ccccc1)c1ccccc1. The van der Waals surface area contributed by atoms with Gasteiger partial charge in [-0.1, -0.05) is 36.4 Å². The topological polar surface area (TPSA) is 51.0 Å². The van der Waals surface area contributed by atoms with Crippen LogP contribution in [0.3, 0.4) is 0 Å². The predicted molar refractivity (Wildman–Crippen MR) is 67.7 cm³/mol. The van der Waals surface area contributed by atoms with Crippen molar-refractivity contribution in [2.45, 2.75) is 0 Å². The third-order valence-corrected chi connectivity index (χ3v) is 2.21. The molecule has 0 amide bonds. The number of ether oxygens (including phenoxy) is 1. The van der Waals surface area contributed by atoms with Crippen LogP contribution in [0.4, 0.5) is 5.69 Å². The molecule has 0 fully saturated rings. The summed E-state index contributed by atoms with van der Waals surface area (Å²) in [6.45, 7) is -0.0807. The Hall–Kier alpha value is -2.49. The van der Waals surface area contributed by atoms with Crippen molar-refractivity contribution in [3.8, 4) is 0 Å². The molecule has 90 valence electrons. The first kappa shape index (κ1) is 12.0. The van der Waals surface area contributed by atoms with E-state index in [1.165, 1.54) is 0 Å². The molecule has 18 heavy (non-hydrogen) atoms. The molecule has 0 aliphatic carbocycles. The highest BCUT2D eigenvalue weighted by Gasteiger charge is 2.04. The van der Waals surface area contributed by atoms with Gasteiger partial charge >= 0.3 is 5.97 Å². The lowest BCUT2D eigenvalue weighted by atomic mass is 10.2. The Balaban J connectivity index is 1.83. The van der Waals surface area contributed by atoms with Crippen LogP contribution >= 0.6 is 0 Å². The van der Waals surface area contributed by atoms with Crippen LogP contribution in [0.5, 0.6) is 0 Å². The van der Waals surface area contributed by atoms with Crippen LogP contribution in [-0.4, -0.2) is 12.7 Å². The van der Waals surface area contributed by atoms with E-state index < -0.39 is 5.97 Å². The summed E-state index contributed by atoms with van der Waals surface area (Å²) in [6.07, 6.45) is 0. The maximum Gasteiger partial charge on any atom is 0.339 e. The molecule has 0 heterocycles. The van der Waals surface area contributed by atoms with Gasteiger partial charge in [-0.25, -0.2) is 4.79 Å². The highest BCUT2D eigenvalue weighted by atomic mass is 16.5. The fourth-order valence-corrected chi connectivity index (χ4v) is 1.35. The molecule has 0 aliphatic heterocycles. The number of hydrogen-bond donors (Lipinski definition) is 0. The van der Waals surface area contributed by atoms with Crippen LogP contribution < -0.4 is 0 Å². The number of esters is 1. The fraction of sp³-hybridized carbons (Fsp3) is 0.0714. The summed E-state index contributed by atoms with van der Waals surface area (Å²) in [5.74, 6) is -0.400. The highest BCUT2D eigenvalue weighted by Crippen LogP contribution is 2.10. The largest absolute Gasteiger partial charge is 0.437 e. The average molecular weight is 240 g/mol. The lowest BCUT2D eigenvalue weighted by molar-refractivity contribution is 0.0511. The number of carbonyl (C=O) groups excluding carboxylic acids is 1. The van der Waals surface area contributed by atoms with Crippen LogP contribution in [-0.2, 0) is 4.74 Å². The molecule has 2 aromatic rings. The van der Waals surface area contributed by atoms with Crippen molar-refractivity contribution in [1.29, 1.82) is 0 Å². The maximum absolute atomic E-state index is 11.5. The number of rotatable bonds is 4. The van der Waals surface area contributed by atoms with E-state index in [0.717, 1.165) is 5.69 Å². The fourth-order valence-electron chi connectivity index (χ4n) is 1.35.